The Bertz CT molecular complexity index is 1280. The highest BCUT2D eigenvalue weighted by Crippen LogP contribution is 2.22. The van der Waals surface area contributed by atoms with Crippen LogP contribution in [0.15, 0.2) is 42.5 Å². The molecule has 0 spiro atoms. The van der Waals surface area contributed by atoms with Gasteiger partial charge in [-0.05, 0) is 92.5 Å². The Morgan fingerprint density at radius 2 is 1.55 bits per heavy atom. The van der Waals surface area contributed by atoms with Gasteiger partial charge < -0.3 is 37.6 Å². The molecule has 240 valence electrons. The fraction of sp³-hybridized carbons (Fsp3) is 0.452. The van der Waals surface area contributed by atoms with Gasteiger partial charge in [-0.25, -0.2) is 0 Å². The molecule has 2 aromatic carbocycles. The van der Waals surface area contributed by atoms with Gasteiger partial charge in [0.2, 0.25) is 17.7 Å². The molecule has 4 atom stereocenters. The summed E-state index contributed by atoms with van der Waals surface area (Å²) in [6.45, 7) is 3.09. The molecule has 9 N–H and O–H groups in total. The van der Waals surface area contributed by atoms with Crippen LogP contribution in [-0.4, -0.2) is 82.9 Å². The molecule has 0 radical (unpaired) electrons. The van der Waals surface area contributed by atoms with Crippen molar-refractivity contribution in [3.05, 3.63) is 64.7 Å². The second kappa shape index (κ2) is 18.0. The molecule has 2 rings (SSSR count). The largest absolute Gasteiger partial charge is 0.508 e. The number of benzene rings is 2. The molecule has 2 aromatic rings. The molecule has 0 saturated heterocycles. The van der Waals surface area contributed by atoms with E-state index in [1.165, 1.54) is 11.8 Å². The molecule has 0 saturated carbocycles. The van der Waals surface area contributed by atoms with Crippen molar-refractivity contribution in [2.45, 2.75) is 57.7 Å². The minimum Gasteiger partial charge on any atom is -0.508 e. The Kier molecular flexibility index (Phi) is 14.8. The van der Waals surface area contributed by atoms with E-state index >= 15 is 0 Å². The van der Waals surface area contributed by atoms with Gasteiger partial charge in [0.05, 0.1) is 18.6 Å². The van der Waals surface area contributed by atoms with Crippen LogP contribution >= 0.6 is 11.8 Å². The zero-order valence-corrected chi connectivity index (χ0v) is 26.1. The van der Waals surface area contributed by atoms with Crippen LogP contribution in [0.4, 0.5) is 0 Å². The number of aryl methyl sites for hydroxylation is 2. The van der Waals surface area contributed by atoms with Crippen LogP contribution in [0.25, 0.3) is 0 Å². The van der Waals surface area contributed by atoms with Gasteiger partial charge in [-0.2, -0.15) is 11.8 Å². The number of hydrogen-bond acceptors (Lipinski definition) is 9. The average molecular weight is 630 g/mol. The third-order valence-electron chi connectivity index (χ3n) is 7.17. The van der Waals surface area contributed by atoms with E-state index < -0.39 is 60.1 Å². The van der Waals surface area contributed by atoms with Crippen LogP contribution < -0.4 is 27.4 Å². The summed E-state index contributed by atoms with van der Waals surface area (Å²) in [6, 6.07) is 8.88. The van der Waals surface area contributed by atoms with Gasteiger partial charge >= 0.3 is 5.97 Å². The summed E-state index contributed by atoms with van der Waals surface area (Å²) < 4.78 is 0. The number of aromatic hydroxyl groups is 1. The second-order valence-corrected chi connectivity index (χ2v) is 11.6. The highest BCUT2D eigenvalue weighted by molar-refractivity contribution is 7.98. The van der Waals surface area contributed by atoms with E-state index in [2.05, 4.69) is 16.0 Å². The molecular formula is C31H43N5O7S. The third kappa shape index (κ3) is 11.3. The number of aliphatic carboxylic acids is 1. The molecule has 13 heteroatoms. The standard InChI is InChI=1S/C31H43N5O7S/c1-18-13-21(37)14-19(2)23(18)16-24(33)29(40)36-25(10-12-44-3)30(41)34-17-27(38)35-26(15-20-7-5-4-6-8-20)28(39)22(9-11-32)31(42)43/h4-8,13-14,22,24-26,37H,9-12,15-17,32-33H2,1-3H3,(H,34,41)(H,35,38)(H,36,40)(H,42,43)/t22?,24?,25-,26+/m1/s1. The van der Waals surface area contributed by atoms with Crippen LogP contribution in [-0.2, 0) is 36.8 Å². The summed E-state index contributed by atoms with van der Waals surface area (Å²) in [4.78, 5) is 63.8. The predicted molar refractivity (Wildman–Crippen MR) is 169 cm³/mol. The summed E-state index contributed by atoms with van der Waals surface area (Å²) in [5, 5.41) is 27.1. The van der Waals surface area contributed by atoms with E-state index in [0.29, 0.717) is 11.3 Å². The molecule has 0 aliphatic rings. The van der Waals surface area contributed by atoms with E-state index in [9.17, 15) is 34.2 Å². The minimum atomic E-state index is -1.40. The normalized spacial score (nSPS) is 13.7. The molecule has 2 unspecified atom stereocenters. The Morgan fingerprint density at radius 1 is 0.909 bits per heavy atom. The fourth-order valence-electron chi connectivity index (χ4n) is 4.79. The summed E-state index contributed by atoms with van der Waals surface area (Å²) in [7, 11) is 0. The number of thioether (sulfide) groups is 1. The van der Waals surface area contributed by atoms with Crippen molar-refractivity contribution in [3.8, 4) is 5.75 Å². The van der Waals surface area contributed by atoms with Crippen molar-refractivity contribution in [3.63, 3.8) is 0 Å². The van der Waals surface area contributed by atoms with Crippen LogP contribution in [0.3, 0.4) is 0 Å². The molecule has 0 bridgehead atoms. The number of rotatable bonds is 18. The Hall–Kier alpha value is -3.94. The summed E-state index contributed by atoms with van der Waals surface area (Å²) in [6.07, 6.45) is 2.29. The summed E-state index contributed by atoms with van der Waals surface area (Å²) >= 11 is 1.48. The number of ketones is 1. The number of amides is 3. The van der Waals surface area contributed by atoms with Gasteiger partial charge in [-0.15, -0.1) is 0 Å². The van der Waals surface area contributed by atoms with Crippen LogP contribution in [0.1, 0.15) is 35.1 Å². The lowest BCUT2D eigenvalue weighted by Crippen LogP contribution is -2.54. The fourth-order valence-corrected chi connectivity index (χ4v) is 5.27. The zero-order chi connectivity index (χ0) is 32.8. The lowest BCUT2D eigenvalue weighted by Gasteiger charge is -2.23. The van der Waals surface area contributed by atoms with E-state index in [1.807, 2.05) is 20.1 Å². The topological polar surface area (TPSA) is 214 Å². The number of nitrogens with one attached hydrogen (secondary N) is 3. The average Bonchev–Trinajstić information content (AvgIpc) is 2.97. The van der Waals surface area contributed by atoms with Gasteiger partial charge in [0.25, 0.3) is 0 Å². The zero-order valence-electron chi connectivity index (χ0n) is 25.3. The number of Topliss-reactive ketones (excluding diaryl/α,β-unsaturated/α-hetero) is 1. The molecule has 0 fully saturated rings. The first-order chi connectivity index (χ1) is 20.9. The smallest absolute Gasteiger partial charge is 0.314 e. The third-order valence-corrected chi connectivity index (χ3v) is 7.81. The quantitative estimate of drug-likeness (QED) is 0.114. The van der Waals surface area contributed by atoms with Crippen LogP contribution in [0.5, 0.6) is 5.75 Å². The lowest BCUT2D eigenvalue weighted by atomic mass is 9.91. The van der Waals surface area contributed by atoms with Gasteiger partial charge in [0, 0.05) is 0 Å². The first-order valence-corrected chi connectivity index (χ1v) is 15.7. The molecular weight excluding hydrogens is 586 g/mol. The Morgan fingerprint density at radius 3 is 2.11 bits per heavy atom. The molecule has 0 aliphatic carbocycles. The number of phenols is 1. The first kappa shape index (κ1) is 36.3. The van der Waals surface area contributed by atoms with Crippen LogP contribution in [0.2, 0.25) is 0 Å². The maximum absolute atomic E-state index is 13.1. The number of carboxylic acids is 1. The number of carbonyl (C=O) groups is 5. The van der Waals surface area contributed by atoms with Gasteiger partial charge in [0.15, 0.2) is 5.78 Å². The van der Waals surface area contributed by atoms with E-state index in [4.69, 9.17) is 11.5 Å². The molecule has 3 amide bonds. The number of nitrogens with two attached hydrogens (primary N) is 2. The van der Waals surface area contributed by atoms with E-state index in [-0.39, 0.29) is 38.0 Å². The predicted octanol–water partition coefficient (Wildman–Crippen LogP) is 0.579. The van der Waals surface area contributed by atoms with Crippen molar-refractivity contribution in [1.82, 2.24) is 16.0 Å². The molecule has 0 aliphatic heterocycles. The molecule has 12 nitrogen and oxygen atoms in total. The number of carbonyl (C=O) groups excluding carboxylic acids is 4. The Labute approximate surface area is 261 Å². The highest BCUT2D eigenvalue weighted by Gasteiger charge is 2.33. The van der Waals surface area contributed by atoms with Crippen molar-refractivity contribution in [1.29, 1.82) is 0 Å². The van der Waals surface area contributed by atoms with E-state index in [0.717, 1.165) is 16.7 Å². The van der Waals surface area contributed by atoms with Crippen molar-refractivity contribution in [2.24, 2.45) is 17.4 Å². The maximum atomic E-state index is 13.1. The van der Waals surface area contributed by atoms with Gasteiger partial charge in [-0.1, -0.05) is 30.3 Å². The van der Waals surface area contributed by atoms with Gasteiger partial charge in [0.1, 0.15) is 17.7 Å². The lowest BCUT2D eigenvalue weighted by molar-refractivity contribution is -0.147. The molecule has 44 heavy (non-hydrogen) atoms. The van der Waals surface area contributed by atoms with Crippen molar-refractivity contribution >= 4 is 41.2 Å². The molecule has 0 aromatic heterocycles. The summed E-state index contributed by atoms with van der Waals surface area (Å²) in [5.74, 6) is -4.61. The SMILES string of the molecule is CSCC[C@@H](NC(=O)C(N)Cc1c(C)cc(O)cc1C)C(=O)NCC(=O)N[C@@H](Cc1ccccc1)C(=O)C(CCN)C(=O)O. The molecule has 0 heterocycles. The second-order valence-electron chi connectivity index (χ2n) is 10.6. The van der Waals surface area contributed by atoms with Crippen molar-refractivity contribution < 1.29 is 34.2 Å². The minimum absolute atomic E-state index is 0.0221. The number of carboxylic acid groups (broad SMARTS) is 1. The Balaban J connectivity index is 2.08. The maximum Gasteiger partial charge on any atom is 0.314 e. The number of phenolic OH excluding ortho intramolecular Hbond substituents is 1. The monoisotopic (exact) mass is 629 g/mol. The summed E-state index contributed by atoms with van der Waals surface area (Å²) in [5.41, 5.74) is 14.8. The van der Waals surface area contributed by atoms with E-state index in [1.54, 1.807) is 42.5 Å². The first-order valence-electron chi connectivity index (χ1n) is 14.3. The van der Waals surface area contributed by atoms with Crippen molar-refractivity contribution in [2.75, 3.05) is 25.1 Å². The highest BCUT2D eigenvalue weighted by atomic mass is 32.2. The van der Waals surface area contributed by atoms with Crippen LogP contribution in [0, 0.1) is 19.8 Å². The van der Waals surface area contributed by atoms with Gasteiger partial charge in [-0.3, -0.25) is 24.0 Å². The number of hydrogen-bond donors (Lipinski definition) is 7.